The molecule has 0 aliphatic carbocycles. The summed E-state index contributed by atoms with van der Waals surface area (Å²) >= 11 is 5.34. The molecule has 0 N–H and O–H groups in total. The Morgan fingerprint density at radius 3 is 2.75 bits per heavy atom. The topological polar surface area (TPSA) is 26.3 Å². The van der Waals surface area contributed by atoms with Gasteiger partial charge in [-0.1, -0.05) is 11.8 Å². The zero-order valence-electron chi connectivity index (χ0n) is 7.19. The molecule has 0 aromatic carbocycles. The van der Waals surface area contributed by atoms with Crippen LogP contribution in [-0.2, 0) is 9.53 Å². The van der Waals surface area contributed by atoms with Gasteiger partial charge in [0.2, 0.25) is 0 Å². The predicted molar refractivity (Wildman–Crippen MR) is 48.9 cm³/mol. The predicted octanol–water partition coefficient (Wildman–Crippen LogP) is 1.74. The molecule has 0 aromatic rings. The van der Waals surface area contributed by atoms with Crippen molar-refractivity contribution >= 4 is 17.6 Å². The summed E-state index contributed by atoms with van der Waals surface area (Å²) in [7, 11) is 0. The first-order chi connectivity index (χ1) is 5.66. The lowest BCUT2D eigenvalue weighted by atomic mass is 10.3. The number of allylic oxidation sites excluding steroid dienone is 1. The van der Waals surface area contributed by atoms with Crippen LogP contribution in [0.4, 0.5) is 0 Å². The van der Waals surface area contributed by atoms with E-state index < -0.39 is 0 Å². The number of carbonyl (C=O) groups is 1. The van der Waals surface area contributed by atoms with E-state index in [0.717, 1.165) is 5.57 Å². The first kappa shape index (κ1) is 11.1. The van der Waals surface area contributed by atoms with Crippen LogP contribution in [0.25, 0.3) is 0 Å². The van der Waals surface area contributed by atoms with Crippen molar-refractivity contribution in [2.45, 2.75) is 13.8 Å². The average molecular weight is 187 g/mol. The minimum Gasteiger partial charge on any atom is -0.462 e. The van der Waals surface area contributed by atoms with Gasteiger partial charge in [-0.2, -0.15) is 0 Å². The maximum atomic E-state index is 10.3. The van der Waals surface area contributed by atoms with Crippen LogP contribution in [0.1, 0.15) is 13.8 Å². The van der Waals surface area contributed by atoms with E-state index >= 15 is 0 Å². The van der Waals surface area contributed by atoms with Gasteiger partial charge in [-0.25, -0.2) is 0 Å². The van der Waals surface area contributed by atoms with Gasteiger partial charge in [0, 0.05) is 6.92 Å². The quantitative estimate of drug-likeness (QED) is 0.373. The molecular weight excluding hydrogens is 176 g/mol. The van der Waals surface area contributed by atoms with Crippen molar-refractivity contribution < 1.29 is 9.53 Å². The van der Waals surface area contributed by atoms with E-state index in [1.165, 1.54) is 6.92 Å². The molecule has 3 heteroatoms. The fraction of sp³-hybridized carbons (Fsp3) is 0.444. The van der Waals surface area contributed by atoms with Crippen molar-refractivity contribution in [2.24, 2.45) is 0 Å². The summed E-state index contributed by atoms with van der Waals surface area (Å²) in [6.45, 7) is 3.48. The molecule has 0 unspecified atom stereocenters. The SMILES string of the molecule is CC(=O)OC/C=C(/C)C#CCCl. The van der Waals surface area contributed by atoms with Crippen molar-refractivity contribution in [1.82, 2.24) is 0 Å². The molecule has 0 aliphatic rings. The lowest BCUT2D eigenvalue weighted by Crippen LogP contribution is -1.97. The number of esters is 1. The Bertz CT molecular complexity index is 233. The van der Waals surface area contributed by atoms with E-state index in [9.17, 15) is 4.79 Å². The molecule has 0 heterocycles. The van der Waals surface area contributed by atoms with Crippen molar-refractivity contribution in [1.29, 1.82) is 0 Å². The first-order valence-corrected chi connectivity index (χ1v) is 4.05. The molecule has 0 aromatic heterocycles. The van der Waals surface area contributed by atoms with Crippen LogP contribution in [0, 0.1) is 11.8 Å². The molecule has 12 heavy (non-hydrogen) atoms. The molecule has 0 saturated carbocycles. The highest BCUT2D eigenvalue weighted by Crippen LogP contribution is 1.90. The van der Waals surface area contributed by atoms with E-state index in [2.05, 4.69) is 16.6 Å². The molecule has 0 radical (unpaired) electrons. The number of hydrogen-bond acceptors (Lipinski definition) is 2. The summed E-state index contributed by atoms with van der Waals surface area (Å²) in [6, 6.07) is 0. The van der Waals surface area contributed by atoms with Crippen LogP contribution in [0.5, 0.6) is 0 Å². The van der Waals surface area contributed by atoms with Crippen molar-refractivity contribution in [2.75, 3.05) is 12.5 Å². The number of ether oxygens (including phenoxy) is 1. The van der Waals surface area contributed by atoms with Gasteiger partial charge < -0.3 is 4.74 Å². The summed E-state index contributed by atoms with van der Waals surface area (Å²) in [5, 5.41) is 0. The Labute approximate surface area is 77.5 Å². The van der Waals surface area contributed by atoms with Crippen LogP contribution in [0.15, 0.2) is 11.6 Å². The number of hydrogen-bond donors (Lipinski definition) is 0. The average Bonchev–Trinajstić information content (AvgIpc) is 2.00. The Balaban J connectivity index is 3.76. The molecule has 0 atom stereocenters. The van der Waals surface area contributed by atoms with Gasteiger partial charge in [0.25, 0.3) is 0 Å². The third kappa shape index (κ3) is 7.17. The molecule has 0 amide bonds. The van der Waals surface area contributed by atoms with Gasteiger partial charge >= 0.3 is 5.97 Å². The minimum atomic E-state index is -0.288. The summed E-state index contributed by atoms with van der Waals surface area (Å²) in [6.07, 6.45) is 1.74. The van der Waals surface area contributed by atoms with Crippen LogP contribution in [0.3, 0.4) is 0 Å². The van der Waals surface area contributed by atoms with E-state index in [0.29, 0.717) is 5.88 Å². The van der Waals surface area contributed by atoms with Gasteiger partial charge in [0.05, 0.1) is 5.88 Å². The van der Waals surface area contributed by atoms with Crippen LogP contribution in [0.2, 0.25) is 0 Å². The number of carbonyl (C=O) groups excluding carboxylic acids is 1. The standard InChI is InChI=1S/C9H11ClO2/c1-8(4-3-6-10)5-7-12-9(2)11/h5H,6-7H2,1-2H3/b8-5-. The monoisotopic (exact) mass is 186 g/mol. The molecular formula is C9H11ClO2. The van der Waals surface area contributed by atoms with Crippen molar-refractivity contribution in [3.63, 3.8) is 0 Å². The number of alkyl halides is 1. The normalized spacial score (nSPS) is 10.1. The smallest absolute Gasteiger partial charge is 0.302 e. The summed E-state index contributed by atoms with van der Waals surface area (Å²) < 4.78 is 4.68. The van der Waals surface area contributed by atoms with E-state index in [4.69, 9.17) is 11.6 Å². The lowest BCUT2D eigenvalue weighted by molar-refractivity contribution is -0.139. The van der Waals surface area contributed by atoms with Gasteiger partial charge in [-0.05, 0) is 18.6 Å². The van der Waals surface area contributed by atoms with Crippen molar-refractivity contribution in [3.8, 4) is 11.8 Å². The number of rotatable bonds is 2. The van der Waals surface area contributed by atoms with Crippen LogP contribution < -0.4 is 0 Å². The van der Waals surface area contributed by atoms with Crippen LogP contribution >= 0.6 is 11.6 Å². The summed E-state index contributed by atoms with van der Waals surface area (Å²) in [5.74, 6) is 5.52. The molecule has 0 fully saturated rings. The Morgan fingerprint density at radius 1 is 1.58 bits per heavy atom. The summed E-state index contributed by atoms with van der Waals surface area (Å²) in [5.41, 5.74) is 0.858. The lowest BCUT2D eigenvalue weighted by Gasteiger charge is -1.94. The molecule has 0 bridgehead atoms. The third-order valence-corrected chi connectivity index (χ3v) is 1.16. The fourth-order valence-corrected chi connectivity index (χ4v) is 0.575. The first-order valence-electron chi connectivity index (χ1n) is 3.51. The largest absolute Gasteiger partial charge is 0.462 e. The highest BCUT2D eigenvalue weighted by Gasteiger charge is 1.88. The highest BCUT2D eigenvalue weighted by atomic mass is 35.5. The molecule has 0 rings (SSSR count). The van der Waals surface area contributed by atoms with Gasteiger partial charge in [-0.3, -0.25) is 4.79 Å². The second kappa shape index (κ2) is 6.75. The number of halogens is 1. The zero-order valence-corrected chi connectivity index (χ0v) is 7.94. The highest BCUT2D eigenvalue weighted by molar-refractivity contribution is 6.19. The fourth-order valence-electron chi connectivity index (χ4n) is 0.508. The van der Waals surface area contributed by atoms with Crippen molar-refractivity contribution in [3.05, 3.63) is 11.6 Å². The second-order valence-corrected chi connectivity index (χ2v) is 2.39. The summed E-state index contributed by atoms with van der Waals surface area (Å²) in [4.78, 5) is 10.3. The van der Waals surface area contributed by atoms with Gasteiger partial charge in [0.15, 0.2) is 0 Å². The third-order valence-electron chi connectivity index (χ3n) is 1.03. The van der Waals surface area contributed by atoms with Gasteiger partial charge in [0.1, 0.15) is 6.61 Å². The maximum Gasteiger partial charge on any atom is 0.302 e. The Kier molecular flexibility index (Phi) is 6.22. The van der Waals surface area contributed by atoms with E-state index in [-0.39, 0.29) is 12.6 Å². The van der Waals surface area contributed by atoms with Crippen LogP contribution in [-0.4, -0.2) is 18.5 Å². The molecule has 0 spiro atoms. The zero-order chi connectivity index (χ0) is 9.40. The molecule has 2 nitrogen and oxygen atoms in total. The van der Waals surface area contributed by atoms with E-state index in [1.807, 2.05) is 6.92 Å². The minimum absolute atomic E-state index is 0.276. The Hall–Kier alpha value is -0.940. The molecule has 66 valence electrons. The second-order valence-electron chi connectivity index (χ2n) is 2.13. The van der Waals surface area contributed by atoms with Gasteiger partial charge in [-0.15, -0.1) is 11.6 Å². The Morgan fingerprint density at radius 2 is 2.25 bits per heavy atom. The van der Waals surface area contributed by atoms with E-state index in [1.54, 1.807) is 6.08 Å². The maximum absolute atomic E-state index is 10.3. The molecule has 0 aliphatic heterocycles. The molecule has 0 saturated heterocycles.